The second kappa shape index (κ2) is 10.0. The van der Waals surface area contributed by atoms with Gasteiger partial charge in [0.15, 0.2) is 0 Å². The van der Waals surface area contributed by atoms with E-state index >= 15 is 0 Å². The van der Waals surface area contributed by atoms with E-state index in [0.717, 1.165) is 24.3 Å². The summed E-state index contributed by atoms with van der Waals surface area (Å²) in [6.07, 6.45) is 5.02. The van der Waals surface area contributed by atoms with Gasteiger partial charge in [0.2, 0.25) is 0 Å². The standard InChI is InChI=1S/C27H46N2/c1-18(2)13-26-15-22(7)28(24(26)9)17-21(6)12-11-20(5)14-27-16-23(8)29(19(3)4)25(27)10/h15-16,18-21H,11-14,17H2,1-10H3. The normalized spacial score (nSPS) is 14.2. The van der Waals surface area contributed by atoms with Crippen molar-refractivity contribution in [3.8, 4) is 0 Å². The molecule has 2 atom stereocenters. The van der Waals surface area contributed by atoms with Gasteiger partial charge in [-0.1, -0.05) is 34.1 Å². The topological polar surface area (TPSA) is 9.86 Å². The Morgan fingerprint density at radius 3 is 1.79 bits per heavy atom. The van der Waals surface area contributed by atoms with Crippen molar-refractivity contribution in [3.63, 3.8) is 0 Å². The minimum Gasteiger partial charge on any atom is -0.349 e. The lowest BCUT2D eigenvalue weighted by atomic mass is 9.92. The molecule has 0 fully saturated rings. The zero-order valence-corrected chi connectivity index (χ0v) is 20.9. The van der Waals surface area contributed by atoms with Crippen molar-refractivity contribution in [2.75, 3.05) is 0 Å². The number of aryl methyl sites for hydroxylation is 2. The lowest BCUT2D eigenvalue weighted by molar-refractivity contribution is 0.385. The van der Waals surface area contributed by atoms with Gasteiger partial charge in [0.1, 0.15) is 0 Å². The molecule has 0 aromatic carbocycles. The summed E-state index contributed by atoms with van der Waals surface area (Å²) in [6, 6.07) is 5.38. The molecule has 0 saturated heterocycles. The third-order valence-corrected chi connectivity index (χ3v) is 6.63. The highest BCUT2D eigenvalue weighted by atomic mass is 15.0. The fraction of sp³-hybridized carbons (Fsp3) is 0.704. The fourth-order valence-electron chi connectivity index (χ4n) is 5.10. The third-order valence-electron chi connectivity index (χ3n) is 6.63. The predicted octanol–water partition coefficient (Wildman–Crippen LogP) is 7.60. The van der Waals surface area contributed by atoms with Crippen molar-refractivity contribution in [3.05, 3.63) is 46.0 Å². The second-order valence-electron chi connectivity index (χ2n) is 10.5. The van der Waals surface area contributed by atoms with Gasteiger partial charge >= 0.3 is 0 Å². The van der Waals surface area contributed by atoms with Gasteiger partial charge in [-0.2, -0.15) is 0 Å². The minimum atomic E-state index is 0.549. The third kappa shape index (κ3) is 6.03. The van der Waals surface area contributed by atoms with Gasteiger partial charge in [-0.3, -0.25) is 0 Å². The van der Waals surface area contributed by atoms with Crippen LogP contribution in [0.5, 0.6) is 0 Å². The molecule has 2 rings (SSSR count). The van der Waals surface area contributed by atoms with E-state index in [9.17, 15) is 0 Å². The number of rotatable bonds is 10. The molecule has 0 saturated carbocycles. The minimum absolute atomic E-state index is 0.549. The number of nitrogens with zero attached hydrogens (tertiary/aromatic N) is 2. The fourth-order valence-corrected chi connectivity index (χ4v) is 5.10. The van der Waals surface area contributed by atoms with E-state index in [1.807, 2.05) is 0 Å². The van der Waals surface area contributed by atoms with Crippen molar-refractivity contribution >= 4 is 0 Å². The summed E-state index contributed by atoms with van der Waals surface area (Å²) >= 11 is 0. The van der Waals surface area contributed by atoms with Crippen LogP contribution in [-0.2, 0) is 19.4 Å². The zero-order chi connectivity index (χ0) is 21.9. The Labute approximate surface area is 180 Å². The van der Waals surface area contributed by atoms with Crippen molar-refractivity contribution in [2.24, 2.45) is 17.8 Å². The van der Waals surface area contributed by atoms with E-state index in [4.69, 9.17) is 0 Å². The number of aromatic nitrogens is 2. The second-order valence-corrected chi connectivity index (χ2v) is 10.5. The molecule has 2 heteroatoms. The van der Waals surface area contributed by atoms with E-state index in [1.54, 1.807) is 11.1 Å². The van der Waals surface area contributed by atoms with Gasteiger partial charge < -0.3 is 9.13 Å². The molecule has 2 aromatic heterocycles. The molecule has 2 heterocycles. The first-order valence-corrected chi connectivity index (χ1v) is 11.8. The smallest absolute Gasteiger partial charge is 0.0279 e. The van der Waals surface area contributed by atoms with Gasteiger partial charge in [-0.15, -0.1) is 0 Å². The Morgan fingerprint density at radius 2 is 1.24 bits per heavy atom. The Hall–Kier alpha value is -1.44. The summed E-state index contributed by atoms with van der Waals surface area (Å²) in [5.41, 5.74) is 8.87. The number of hydrogen-bond donors (Lipinski definition) is 0. The zero-order valence-electron chi connectivity index (χ0n) is 20.9. The van der Waals surface area contributed by atoms with E-state index < -0.39 is 0 Å². The Bertz CT molecular complexity index is 788. The van der Waals surface area contributed by atoms with Gasteiger partial charge in [-0.25, -0.2) is 0 Å². The van der Waals surface area contributed by atoms with Crippen LogP contribution in [-0.4, -0.2) is 9.13 Å². The first kappa shape index (κ1) is 23.8. The van der Waals surface area contributed by atoms with E-state index in [0.29, 0.717) is 6.04 Å². The molecule has 0 bridgehead atoms. The summed E-state index contributed by atoms with van der Waals surface area (Å²) in [5, 5.41) is 0. The molecule has 0 amide bonds. The van der Waals surface area contributed by atoms with Crippen molar-refractivity contribution in [1.82, 2.24) is 9.13 Å². The van der Waals surface area contributed by atoms with Crippen molar-refractivity contribution in [1.29, 1.82) is 0 Å². The Kier molecular flexibility index (Phi) is 8.26. The molecule has 29 heavy (non-hydrogen) atoms. The van der Waals surface area contributed by atoms with Crippen LogP contribution in [0.2, 0.25) is 0 Å². The highest BCUT2D eigenvalue weighted by Crippen LogP contribution is 2.26. The van der Waals surface area contributed by atoms with Crippen molar-refractivity contribution < 1.29 is 0 Å². The van der Waals surface area contributed by atoms with Crippen LogP contribution < -0.4 is 0 Å². The highest BCUT2D eigenvalue weighted by molar-refractivity contribution is 5.28. The largest absolute Gasteiger partial charge is 0.349 e. The molecular weight excluding hydrogens is 352 g/mol. The molecule has 0 aliphatic carbocycles. The maximum Gasteiger partial charge on any atom is 0.0279 e. The lowest BCUT2D eigenvalue weighted by Crippen LogP contribution is -2.13. The lowest BCUT2D eigenvalue weighted by Gasteiger charge is -2.19. The Balaban J connectivity index is 1.92. The molecule has 2 nitrogen and oxygen atoms in total. The molecule has 0 spiro atoms. The van der Waals surface area contributed by atoms with Crippen LogP contribution in [0, 0.1) is 45.4 Å². The van der Waals surface area contributed by atoms with E-state index in [1.165, 1.54) is 48.5 Å². The quantitative estimate of drug-likeness (QED) is 0.390. The highest BCUT2D eigenvalue weighted by Gasteiger charge is 2.16. The molecule has 164 valence electrons. The van der Waals surface area contributed by atoms with Gasteiger partial charge in [0.05, 0.1) is 0 Å². The Morgan fingerprint density at radius 1 is 0.690 bits per heavy atom. The van der Waals surface area contributed by atoms with Crippen LogP contribution in [0.4, 0.5) is 0 Å². The molecular formula is C27H46N2. The monoisotopic (exact) mass is 398 g/mol. The molecule has 0 aliphatic rings. The van der Waals surface area contributed by atoms with E-state index in [-0.39, 0.29) is 0 Å². The average molecular weight is 399 g/mol. The van der Waals surface area contributed by atoms with E-state index in [2.05, 4.69) is 90.5 Å². The van der Waals surface area contributed by atoms with Crippen LogP contribution in [0.3, 0.4) is 0 Å². The summed E-state index contributed by atoms with van der Waals surface area (Å²) in [6.45, 7) is 24.3. The van der Waals surface area contributed by atoms with Crippen LogP contribution in [0.1, 0.15) is 94.3 Å². The summed E-state index contributed by atoms with van der Waals surface area (Å²) in [5.74, 6) is 2.18. The molecule has 0 N–H and O–H groups in total. The van der Waals surface area contributed by atoms with Gasteiger partial charge in [0.25, 0.3) is 0 Å². The van der Waals surface area contributed by atoms with Crippen molar-refractivity contribution in [2.45, 2.75) is 108 Å². The summed E-state index contributed by atoms with van der Waals surface area (Å²) in [7, 11) is 0. The summed E-state index contributed by atoms with van der Waals surface area (Å²) < 4.78 is 5.04. The molecule has 2 unspecified atom stereocenters. The predicted molar refractivity (Wildman–Crippen MR) is 128 cm³/mol. The first-order chi connectivity index (χ1) is 13.5. The molecule has 0 aliphatic heterocycles. The average Bonchev–Trinajstić information content (AvgIpc) is 3.02. The van der Waals surface area contributed by atoms with Crippen LogP contribution in [0.25, 0.3) is 0 Å². The van der Waals surface area contributed by atoms with Gasteiger partial charge in [-0.05, 0) is 102 Å². The maximum atomic E-state index is 2.56. The summed E-state index contributed by atoms with van der Waals surface area (Å²) in [4.78, 5) is 0. The van der Waals surface area contributed by atoms with Crippen LogP contribution in [0.15, 0.2) is 12.1 Å². The number of hydrogen-bond acceptors (Lipinski definition) is 0. The molecule has 2 aromatic rings. The molecule has 0 radical (unpaired) electrons. The van der Waals surface area contributed by atoms with Crippen LogP contribution >= 0.6 is 0 Å². The SMILES string of the molecule is Cc1cc(CC(C)C)c(C)n1CC(C)CCC(C)Cc1cc(C)n(C(C)C)c1C. The first-order valence-electron chi connectivity index (χ1n) is 11.8. The van der Waals surface area contributed by atoms with Gasteiger partial charge in [0, 0.05) is 35.4 Å². The maximum absolute atomic E-state index is 2.56.